The number of aliphatic carboxylic acids is 1. The van der Waals surface area contributed by atoms with Crippen LogP contribution in [0.2, 0.25) is 0 Å². The maximum atomic E-state index is 13.3. The van der Waals surface area contributed by atoms with E-state index in [9.17, 15) is 9.18 Å². The van der Waals surface area contributed by atoms with E-state index in [1.807, 2.05) is 0 Å². The third-order valence-corrected chi connectivity index (χ3v) is 3.03. The Hall–Kier alpha value is -0.600. The van der Waals surface area contributed by atoms with E-state index in [4.69, 9.17) is 5.11 Å². The van der Waals surface area contributed by atoms with Gasteiger partial charge >= 0.3 is 5.97 Å². The predicted molar refractivity (Wildman–Crippen MR) is 69.0 cm³/mol. The molecule has 0 saturated carbocycles. The standard InChI is InChI=1S/C14H27FO2/c1-2-3-7-10-13(15)11-8-5-4-6-9-12-14(16)17/h13H,2-12H2,1H3,(H,16,17). The third-order valence-electron chi connectivity index (χ3n) is 3.03. The van der Waals surface area contributed by atoms with Crippen LogP contribution in [0.15, 0.2) is 0 Å². The molecule has 3 heteroatoms. The highest BCUT2D eigenvalue weighted by molar-refractivity contribution is 5.66. The van der Waals surface area contributed by atoms with E-state index in [1.165, 1.54) is 0 Å². The van der Waals surface area contributed by atoms with Crippen LogP contribution in [0, 0.1) is 0 Å². The number of hydrogen-bond acceptors (Lipinski definition) is 1. The largest absolute Gasteiger partial charge is 0.481 e. The Bertz CT molecular complexity index is 183. The molecule has 2 nitrogen and oxygen atoms in total. The van der Waals surface area contributed by atoms with Crippen molar-refractivity contribution in [3.63, 3.8) is 0 Å². The average Bonchev–Trinajstić information content (AvgIpc) is 2.28. The van der Waals surface area contributed by atoms with Crippen LogP contribution in [0.25, 0.3) is 0 Å². The lowest BCUT2D eigenvalue weighted by Gasteiger charge is -2.07. The van der Waals surface area contributed by atoms with Crippen LogP contribution in [0.5, 0.6) is 0 Å². The highest BCUT2D eigenvalue weighted by atomic mass is 19.1. The van der Waals surface area contributed by atoms with Crippen molar-refractivity contribution in [1.29, 1.82) is 0 Å². The van der Waals surface area contributed by atoms with Gasteiger partial charge in [-0.15, -0.1) is 0 Å². The lowest BCUT2D eigenvalue weighted by molar-refractivity contribution is -0.137. The number of hydrogen-bond donors (Lipinski definition) is 1. The van der Waals surface area contributed by atoms with Gasteiger partial charge in [0.2, 0.25) is 0 Å². The van der Waals surface area contributed by atoms with E-state index < -0.39 is 12.1 Å². The number of rotatable bonds is 12. The van der Waals surface area contributed by atoms with Crippen molar-refractivity contribution in [2.75, 3.05) is 0 Å². The van der Waals surface area contributed by atoms with Crippen molar-refractivity contribution >= 4 is 5.97 Å². The highest BCUT2D eigenvalue weighted by Gasteiger charge is 2.05. The maximum absolute atomic E-state index is 13.3. The summed E-state index contributed by atoms with van der Waals surface area (Å²) in [6.07, 6.45) is 9.06. The van der Waals surface area contributed by atoms with Crippen molar-refractivity contribution < 1.29 is 14.3 Å². The summed E-state index contributed by atoms with van der Waals surface area (Å²) in [7, 11) is 0. The van der Waals surface area contributed by atoms with Gasteiger partial charge in [0, 0.05) is 6.42 Å². The Morgan fingerprint density at radius 3 is 2.12 bits per heavy atom. The molecule has 1 unspecified atom stereocenters. The zero-order valence-corrected chi connectivity index (χ0v) is 11.1. The molecule has 0 aliphatic carbocycles. The Labute approximate surface area is 105 Å². The highest BCUT2D eigenvalue weighted by Crippen LogP contribution is 2.15. The van der Waals surface area contributed by atoms with Gasteiger partial charge in [-0.1, -0.05) is 51.9 Å². The summed E-state index contributed by atoms with van der Waals surface area (Å²) in [4.78, 5) is 10.3. The molecule has 0 amide bonds. The number of carbonyl (C=O) groups is 1. The molecule has 17 heavy (non-hydrogen) atoms. The van der Waals surface area contributed by atoms with Gasteiger partial charge in [-0.25, -0.2) is 4.39 Å². The first kappa shape index (κ1) is 16.4. The van der Waals surface area contributed by atoms with Crippen LogP contribution >= 0.6 is 0 Å². The monoisotopic (exact) mass is 246 g/mol. The van der Waals surface area contributed by atoms with E-state index in [2.05, 4.69) is 6.92 Å². The summed E-state index contributed by atoms with van der Waals surface area (Å²) in [6.45, 7) is 2.13. The molecule has 1 atom stereocenters. The molecule has 0 spiro atoms. The van der Waals surface area contributed by atoms with E-state index >= 15 is 0 Å². The van der Waals surface area contributed by atoms with Crippen molar-refractivity contribution in [1.82, 2.24) is 0 Å². The lowest BCUT2D eigenvalue weighted by atomic mass is 10.0. The zero-order valence-electron chi connectivity index (χ0n) is 11.1. The second-order valence-corrected chi connectivity index (χ2v) is 4.79. The minimum atomic E-state index is -0.718. The fourth-order valence-electron chi connectivity index (χ4n) is 1.93. The Kier molecular flexibility index (Phi) is 11.5. The number of alkyl halides is 1. The van der Waals surface area contributed by atoms with Gasteiger partial charge in [0.1, 0.15) is 6.17 Å². The van der Waals surface area contributed by atoms with E-state index in [0.29, 0.717) is 12.8 Å². The third kappa shape index (κ3) is 13.3. The van der Waals surface area contributed by atoms with Crippen molar-refractivity contribution in [3.8, 4) is 0 Å². The SMILES string of the molecule is CCCCCC(F)CCCCCCCC(=O)O. The number of unbranched alkanes of at least 4 members (excludes halogenated alkanes) is 6. The van der Waals surface area contributed by atoms with E-state index in [-0.39, 0.29) is 6.42 Å². The fraction of sp³-hybridized carbons (Fsp3) is 0.929. The Balaban J connectivity index is 3.13. The minimum absolute atomic E-state index is 0.267. The van der Waals surface area contributed by atoms with Crippen molar-refractivity contribution in [2.24, 2.45) is 0 Å². The second-order valence-electron chi connectivity index (χ2n) is 4.79. The smallest absolute Gasteiger partial charge is 0.303 e. The van der Waals surface area contributed by atoms with Gasteiger partial charge in [0.15, 0.2) is 0 Å². The van der Waals surface area contributed by atoms with Gasteiger partial charge in [-0.2, -0.15) is 0 Å². The molecule has 1 N–H and O–H groups in total. The molecule has 0 aromatic carbocycles. The van der Waals surface area contributed by atoms with Gasteiger partial charge in [-0.05, 0) is 19.3 Å². The molecule has 0 aliphatic rings. The molecule has 0 aromatic heterocycles. The fourth-order valence-corrected chi connectivity index (χ4v) is 1.93. The number of carboxylic acids is 1. The number of carboxylic acid groups (broad SMARTS) is 1. The summed E-state index contributed by atoms with van der Waals surface area (Å²) in [5, 5.41) is 8.44. The first-order valence-electron chi connectivity index (χ1n) is 7.02. The summed E-state index contributed by atoms with van der Waals surface area (Å²) < 4.78 is 13.3. The molecule has 0 aromatic rings. The number of halogens is 1. The molecule has 0 bridgehead atoms. The predicted octanol–water partition coefficient (Wildman–Crippen LogP) is 4.72. The van der Waals surface area contributed by atoms with Gasteiger partial charge in [0.25, 0.3) is 0 Å². The van der Waals surface area contributed by atoms with Crippen LogP contribution in [0.3, 0.4) is 0 Å². The summed E-state index contributed by atoms with van der Waals surface area (Å²) in [6, 6.07) is 0. The van der Waals surface area contributed by atoms with Crippen LogP contribution in [0.1, 0.15) is 77.6 Å². The topological polar surface area (TPSA) is 37.3 Å². The summed E-state index contributed by atoms with van der Waals surface area (Å²) in [5.41, 5.74) is 0. The molecule has 102 valence electrons. The van der Waals surface area contributed by atoms with E-state index in [0.717, 1.165) is 51.4 Å². The molecule has 0 fully saturated rings. The Morgan fingerprint density at radius 1 is 1.00 bits per heavy atom. The molecule has 0 aliphatic heterocycles. The van der Waals surface area contributed by atoms with Gasteiger partial charge < -0.3 is 5.11 Å². The van der Waals surface area contributed by atoms with Crippen LogP contribution < -0.4 is 0 Å². The first-order chi connectivity index (χ1) is 8.16. The maximum Gasteiger partial charge on any atom is 0.303 e. The first-order valence-corrected chi connectivity index (χ1v) is 7.02. The van der Waals surface area contributed by atoms with Crippen molar-refractivity contribution in [2.45, 2.75) is 83.7 Å². The Morgan fingerprint density at radius 2 is 1.53 bits per heavy atom. The molecular formula is C14H27FO2. The molecular weight excluding hydrogens is 219 g/mol. The summed E-state index contributed by atoms with van der Waals surface area (Å²) in [5.74, 6) is -0.718. The minimum Gasteiger partial charge on any atom is -0.481 e. The average molecular weight is 246 g/mol. The molecule has 0 rings (SSSR count). The van der Waals surface area contributed by atoms with Gasteiger partial charge in [-0.3, -0.25) is 4.79 Å². The molecule has 0 saturated heterocycles. The zero-order chi connectivity index (χ0) is 12.9. The van der Waals surface area contributed by atoms with Crippen molar-refractivity contribution in [3.05, 3.63) is 0 Å². The second kappa shape index (κ2) is 11.9. The molecule has 0 radical (unpaired) electrons. The lowest BCUT2D eigenvalue weighted by Crippen LogP contribution is -1.99. The molecule has 0 heterocycles. The quantitative estimate of drug-likeness (QED) is 0.506. The van der Waals surface area contributed by atoms with Crippen LogP contribution in [-0.4, -0.2) is 17.2 Å². The van der Waals surface area contributed by atoms with Crippen LogP contribution in [0.4, 0.5) is 4.39 Å². The normalized spacial score (nSPS) is 12.6. The van der Waals surface area contributed by atoms with Gasteiger partial charge in [0.05, 0.1) is 0 Å². The van der Waals surface area contributed by atoms with Crippen LogP contribution in [-0.2, 0) is 4.79 Å². The van der Waals surface area contributed by atoms with E-state index in [1.54, 1.807) is 0 Å². The summed E-state index contributed by atoms with van der Waals surface area (Å²) >= 11 is 0.